The van der Waals surface area contributed by atoms with Crippen molar-refractivity contribution in [2.45, 2.75) is 25.9 Å². The molecule has 1 aromatic heterocycles. The van der Waals surface area contributed by atoms with E-state index in [0.717, 1.165) is 18.8 Å². The first-order valence-electron chi connectivity index (χ1n) is 5.14. The minimum Gasteiger partial charge on any atom is -0.354 e. The van der Waals surface area contributed by atoms with E-state index in [2.05, 4.69) is 15.7 Å². The highest BCUT2D eigenvalue weighted by atomic mass is 16.1. The number of nitrogens with zero attached hydrogens (tertiary/aromatic N) is 2. The van der Waals surface area contributed by atoms with Crippen molar-refractivity contribution in [2.75, 3.05) is 6.54 Å². The van der Waals surface area contributed by atoms with Crippen molar-refractivity contribution in [3.05, 3.63) is 17.5 Å². The quantitative estimate of drug-likeness (QED) is 0.717. The van der Waals surface area contributed by atoms with Crippen LogP contribution in [0.4, 0.5) is 0 Å². The first kappa shape index (κ1) is 10.2. The fourth-order valence-corrected chi connectivity index (χ4v) is 1.83. The van der Waals surface area contributed by atoms with Crippen molar-refractivity contribution >= 4 is 5.91 Å². The van der Waals surface area contributed by atoms with Crippen LogP contribution in [0.3, 0.4) is 0 Å². The minimum atomic E-state index is 0.135. The van der Waals surface area contributed by atoms with Gasteiger partial charge in [-0.05, 0) is 6.92 Å². The minimum absolute atomic E-state index is 0.135. The number of hydrogen-bond acceptors (Lipinski definition) is 3. The maximum absolute atomic E-state index is 11.0. The molecule has 5 nitrogen and oxygen atoms in total. The van der Waals surface area contributed by atoms with Gasteiger partial charge in [-0.2, -0.15) is 5.10 Å². The van der Waals surface area contributed by atoms with Crippen molar-refractivity contribution in [1.29, 1.82) is 0 Å². The molecule has 1 saturated heterocycles. The van der Waals surface area contributed by atoms with Gasteiger partial charge in [0.1, 0.15) is 0 Å². The monoisotopic (exact) mass is 208 g/mol. The van der Waals surface area contributed by atoms with E-state index in [-0.39, 0.29) is 11.9 Å². The number of aromatic nitrogens is 2. The SMILES string of the molecule is Cc1nn(C)cc1CNC1CNC(=O)C1. The molecule has 15 heavy (non-hydrogen) atoms. The maximum atomic E-state index is 11.0. The lowest BCUT2D eigenvalue weighted by molar-refractivity contribution is -0.119. The molecule has 0 spiro atoms. The number of hydrogen-bond donors (Lipinski definition) is 2. The lowest BCUT2D eigenvalue weighted by Gasteiger charge is -2.08. The Hall–Kier alpha value is -1.36. The maximum Gasteiger partial charge on any atom is 0.221 e. The second kappa shape index (κ2) is 4.02. The first-order chi connectivity index (χ1) is 7.15. The number of amides is 1. The summed E-state index contributed by atoms with van der Waals surface area (Å²) in [4.78, 5) is 11.0. The van der Waals surface area contributed by atoms with E-state index in [1.54, 1.807) is 0 Å². The van der Waals surface area contributed by atoms with Gasteiger partial charge in [0, 0.05) is 44.4 Å². The predicted octanol–water partition coefficient (Wildman–Crippen LogP) is -0.293. The number of rotatable bonds is 3. The molecule has 2 N–H and O–H groups in total. The summed E-state index contributed by atoms with van der Waals surface area (Å²) in [6.45, 7) is 3.51. The Morgan fingerprint density at radius 3 is 3.07 bits per heavy atom. The van der Waals surface area contributed by atoms with Gasteiger partial charge in [0.25, 0.3) is 0 Å². The van der Waals surface area contributed by atoms with Gasteiger partial charge < -0.3 is 10.6 Å². The molecule has 0 radical (unpaired) electrons. The van der Waals surface area contributed by atoms with E-state index >= 15 is 0 Å². The molecular formula is C10H16N4O. The van der Waals surface area contributed by atoms with Crippen LogP contribution in [0.1, 0.15) is 17.7 Å². The summed E-state index contributed by atoms with van der Waals surface area (Å²) >= 11 is 0. The van der Waals surface area contributed by atoms with E-state index in [9.17, 15) is 4.79 Å². The van der Waals surface area contributed by atoms with Gasteiger partial charge >= 0.3 is 0 Å². The molecule has 5 heteroatoms. The summed E-state index contributed by atoms with van der Waals surface area (Å²) in [5, 5.41) is 10.4. The number of carbonyl (C=O) groups is 1. The van der Waals surface area contributed by atoms with Crippen LogP contribution in [0, 0.1) is 6.92 Å². The smallest absolute Gasteiger partial charge is 0.221 e. The normalized spacial score (nSPS) is 20.7. The van der Waals surface area contributed by atoms with Crippen molar-refractivity contribution in [2.24, 2.45) is 7.05 Å². The van der Waals surface area contributed by atoms with Gasteiger partial charge in [-0.3, -0.25) is 9.48 Å². The van der Waals surface area contributed by atoms with Crippen molar-refractivity contribution in [1.82, 2.24) is 20.4 Å². The van der Waals surface area contributed by atoms with Crippen LogP contribution in [0.5, 0.6) is 0 Å². The zero-order valence-electron chi connectivity index (χ0n) is 9.08. The Labute approximate surface area is 88.8 Å². The third-order valence-electron chi connectivity index (χ3n) is 2.67. The van der Waals surface area contributed by atoms with Crippen molar-refractivity contribution in [3.63, 3.8) is 0 Å². The average Bonchev–Trinajstić information content (AvgIpc) is 2.70. The molecule has 1 atom stereocenters. The highest BCUT2D eigenvalue weighted by Gasteiger charge is 2.20. The summed E-state index contributed by atoms with van der Waals surface area (Å²) in [5.74, 6) is 0.135. The van der Waals surface area contributed by atoms with Gasteiger partial charge in [0.15, 0.2) is 0 Å². The highest BCUT2D eigenvalue weighted by Crippen LogP contribution is 2.06. The van der Waals surface area contributed by atoms with E-state index < -0.39 is 0 Å². The van der Waals surface area contributed by atoms with Gasteiger partial charge in [0.05, 0.1) is 5.69 Å². The molecule has 0 aliphatic carbocycles. The summed E-state index contributed by atoms with van der Waals surface area (Å²) < 4.78 is 1.81. The van der Waals surface area contributed by atoms with Crippen LogP contribution in [0.25, 0.3) is 0 Å². The Morgan fingerprint density at radius 1 is 1.73 bits per heavy atom. The van der Waals surface area contributed by atoms with E-state index in [1.807, 2.05) is 24.9 Å². The highest BCUT2D eigenvalue weighted by molar-refractivity contribution is 5.78. The third-order valence-corrected chi connectivity index (χ3v) is 2.67. The number of nitrogens with one attached hydrogen (secondary N) is 2. The molecule has 1 aromatic rings. The Bertz CT molecular complexity index is 371. The fraction of sp³-hybridized carbons (Fsp3) is 0.600. The lowest BCUT2D eigenvalue weighted by atomic mass is 10.2. The van der Waals surface area contributed by atoms with Crippen LogP contribution in [0.2, 0.25) is 0 Å². The van der Waals surface area contributed by atoms with Crippen molar-refractivity contribution in [3.8, 4) is 0 Å². The average molecular weight is 208 g/mol. The second-order valence-electron chi connectivity index (χ2n) is 4.00. The summed E-state index contributed by atoms with van der Waals surface area (Å²) in [7, 11) is 1.91. The molecule has 0 aromatic carbocycles. The number of carbonyl (C=O) groups excluding carboxylic acids is 1. The molecule has 1 amide bonds. The van der Waals surface area contributed by atoms with Crippen LogP contribution in [-0.4, -0.2) is 28.3 Å². The van der Waals surface area contributed by atoms with E-state index in [0.29, 0.717) is 6.42 Å². The zero-order valence-corrected chi connectivity index (χ0v) is 9.08. The van der Waals surface area contributed by atoms with E-state index in [1.165, 1.54) is 5.56 Å². The van der Waals surface area contributed by atoms with Crippen LogP contribution < -0.4 is 10.6 Å². The van der Waals surface area contributed by atoms with Crippen LogP contribution in [0.15, 0.2) is 6.20 Å². The molecule has 2 heterocycles. The predicted molar refractivity (Wildman–Crippen MR) is 56.2 cm³/mol. The molecule has 2 rings (SSSR count). The van der Waals surface area contributed by atoms with E-state index in [4.69, 9.17) is 0 Å². The lowest BCUT2D eigenvalue weighted by Crippen LogP contribution is -2.30. The van der Waals surface area contributed by atoms with Crippen molar-refractivity contribution < 1.29 is 4.79 Å². The third kappa shape index (κ3) is 2.36. The van der Waals surface area contributed by atoms with Crippen LogP contribution in [-0.2, 0) is 18.4 Å². The fourth-order valence-electron chi connectivity index (χ4n) is 1.83. The zero-order chi connectivity index (χ0) is 10.8. The molecule has 1 unspecified atom stereocenters. The standard InChI is InChI=1S/C10H16N4O/c1-7-8(6-14(2)13-7)4-11-9-3-10(15)12-5-9/h6,9,11H,3-5H2,1-2H3,(H,12,15). The second-order valence-corrected chi connectivity index (χ2v) is 4.00. The number of aryl methyl sites for hydroxylation is 2. The molecule has 1 fully saturated rings. The Balaban J connectivity index is 1.88. The topological polar surface area (TPSA) is 59.0 Å². The molecule has 1 aliphatic heterocycles. The molecular weight excluding hydrogens is 192 g/mol. The Kier molecular flexibility index (Phi) is 2.73. The first-order valence-corrected chi connectivity index (χ1v) is 5.14. The summed E-state index contributed by atoms with van der Waals surface area (Å²) in [6, 6.07) is 0.261. The largest absolute Gasteiger partial charge is 0.354 e. The molecule has 0 saturated carbocycles. The summed E-state index contributed by atoms with van der Waals surface area (Å²) in [6.07, 6.45) is 2.59. The molecule has 1 aliphatic rings. The van der Waals surface area contributed by atoms with Crippen LogP contribution >= 0.6 is 0 Å². The Morgan fingerprint density at radius 2 is 2.53 bits per heavy atom. The molecule has 82 valence electrons. The van der Waals surface area contributed by atoms with Gasteiger partial charge in [0.2, 0.25) is 5.91 Å². The summed E-state index contributed by atoms with van der Waals surface area (Å²) in [5.41, 5.74) is 2.24. The molecule has 0 bridgehead atoms. The van der Waals surface area contributed by atoms with Gasteiger partial charge in [-0.15, -0.1) is 0 Å². The van der Waals surface area contributed by atoms with Gasteiger partial charge in [-0.1, -0.05) is 0 Å². The van der Waals surface area contributed by atoms with Gasteiger partial charge in [-0.25, -0.2) is 0 Å².